The zero-order valence-electron chi connectivity index (χ0n) is 13.5. The summed E-state index contributed by atoms with van der Waals surface area (Å²) in [5.41, 5.74) is -1.11. The summed E-state index contributed by atoms with van der Waals surface area (Å²) in [6.07, 6.45) is 1.65. The van der Waals surface area contributed by atoms with Crippen molar-refractivity contribution in [1.29, 1.82) is 0 Å². The molecule has 0 fully saturated rings. The highest BCUT2D eigenvalue weighted by atomic mass is 35.5. The topological polar surface area (TPSA) is 77.5 Å². The van der Waals surface area contributed by atoms with Crippen molar-refractivity contribution in [2.75, 3.05) is 12.4 Å². The van der Waals surface area contributed by atoms with Gasteiger partial charge in [0.25, 0.3) is 5.91 Å². The van der Waals surface area contributed by atoms with E-state index >= 15 is 0 Å². The quantitative estimate of drug-likeness (QED) is 0.791. The van der Waals surface area contributed by atoms with Crippen LogP contribution in [0.2, 0.25) is 5.02 Å². The Morgan fingerprint density at radius 3 is 2.58 bits per heavy atom. The number of carbonyl (C=O) groups is 2. The number of ether oxygens (including phenoxy) is 2. The number of anilines is 1. The first-order chi connectivity index (χ1) is 11.3. The van der Waals surface area contributed by atoms with Gasteiger partial charge in [-0.05, 0) is 38.1 Å². The third-order valence-corrected chi connectivity index (χ3v) is 4.22. The van der Waals surface area contributed by atoms with E-state index in [-0.39, 0.29) is 18.3 Å². The first-order valence-corrected chi connectivity index (χ1v) is 8.27. The second-order valence-corrected chi connectivity index (χ2v) is 6.96. The van der Waals surface area contributed by atoms with Crippen LogP contribution in [-0.2, 0) is 20.7 Å². The summed E-state index contributed by atoms with van der Waals surface area (Å²) in [6.45, 7) is 3.31. The second-order valence-electron chi connectivity index (χ2n) is 5.41. The maximum atomic E-state index is 12.4. The number of esters is 1. The average molecular weight is 369 g/mol. The van der Waals surface area contributed by atoms with Crippen molar-refractivity contribution in [2.45, 2.75) is 25.9 Å². The lowest BCUT2D eigenvalue weighted by molar-refractivity contribution is -0.139. The SMILES string of the molecule is COC(=O)Cc1cnc(NC(=O)C(C)(C)Oc2ccc(Cl)cc2)s1. The normalized spacial score (nSPS) is 11.0. The summed E-state index contributed by atoms with van der Waals surface area (Å²) in [5.74, 6) is -0.176. The number of halogens is 1. The predicted octanol–water partition coefficient (Wildman–Crippen LogP) is 3.31. The largest absolute Gasteiger partial charge is 0.478 e. The Morgan fingerprint density at radius 2 is 1.96 bits per heavy atom. The van der Waals surface area contributed by atoms with Gasteiger partial charge in [-0.2, -0.15) is 0 Å². The zero-order chi connectivity index (χ0) is 17.7. The maximum absolute atomic E-state index is 12.4. The van der Waals surface area contributed by atoms with Gasteiger partial charge in [-0.25, -0.2) is 4.98 Å². The molecular weight excluding hydrogens is 352 g/mol. The molecule has 0 spiro atoms. The minimum absolute atomic E-state index is 0.120. The molecular formula is C16H17ClN2O4S. The van der Waals surface area contributed by atoms with E-state index in [9.17, 15) is 9.59 Å². The molecule has 0 radical (unpaired) electrons. The van der Waals surface area contributed by atoms with Crippen molar-refractivity contribution in [3.05, 3.63) is 40.4 Å². The van der Waals surface area contributed by atoms with E-state index in [1.807, 2.05) is 0 Å². The zero-order valence-corrected chi connectivity index (χ0v) is 15.0. The van der Waals surface area contributed by atoms with E-state index in [1.165, 1.54) is 24.6 Å². The Hall–Kier alpha value is -2.12. The number of thiazole rings is 1. The number of hydrogen-bond acceptors (Lipinski definition) is 6. The van der Waals surface area contributed by atoms with Crippen LogP contribution in [0.15, 0.2) is 30.5 Å². The Balaban J connectivity index is 1.99. The number of aromatic nitrogens is 1. The summed E-state index contributed by atoms with van der Waals surface area (Å²) in [4.78, 5) is 28.4. The highest BCUT2D eigenvalue weighted by Crippen LogP contribution is 2.24. The molecule has 1 heterocycles. The fraction of sp³-hybridized carbons (Fsp3) is 0.312. The molecule has 2 rings (SSSR count). The summed E-state index contributed by atoms with van der Waals surface area (Å²) in [6, 6.07) is 6.75. The van der Waals surface area contributed by atoms with Crippen molar-refractivity contribution >= 4 is 39.9 Å². The molecule has 6 nitrogen and oxygen atoms in total. The van der Waals surface area contributed by atoms with Gasteiger partial charge < -0.3 is 9.47 Å². The van der Waals surface area contributed by atoms with Crippen LogP contribution in [0.3, 0.4) is 0 Å². The molecule has 1 N–H and O–H groups in total. The minimum atomic E-state index is -1.11. The molecule has 1 aromatic heterocycles. The van der Waals surface area contributed by atoms with Gasteiger partial charge in [0.1, 0.15) is 5.75 Å². The summed E-state index contributed by atoms with van der Waals surface area (Å²) >= 11 is 7.04. The second kappa shape index (κ2) is 7.63. The van der Waals surface area contributed by atoms with E-state index in [2.05, 4.69) is 15.0 Å². The highest BCUT2D eigenvalue weighted by molar-refractivity contribution is 7.15. The molecule has 2 aromatic rings. The van der Waals surface area contributed by atoms with Crippen molar-refractivity contribution in [1.82, 2.24) is 4.98 Å². The fourth-order valence-corrected chi connectivity index (χ4v) is 2.67. The number of benzene rings is 1. The van der Waals surface area contributed by atoms with Crippen molar-refractivity contribution in [3.63, 3.8) is 0 Å². The number of hydrogen-bond donors (Lipinski definition) is 1. The first kappa shape index (κ1) is 18.2. The third kappa shape index (κ3) is 4.94. The molecule has 0 saturated heterocycles. The molecule has 0 aliphatic rings. The lowest BCUT2D eigenvalue weighted by Gasteiger charge is -2.24. The lowest BCUT2D eigenvalue weighted by atomic mass is 10.1. The van der Waals surface area contributed by atoms with Crippen molar-refractivity contribution < 1.29 is 19.1 Å². The van der Waals surface area contributed by atoms with Gasteiger partial charge in [0.05, 0.1) is 13.5 Å². The van der Waals surface area contributed by atoms with Crippen LogP contribution in [0.25, 0.3) is 0 Å². The van der Waals surface area contributed by atoms with Crippen molar-refractivity contribution in [3.8, 4) is 5.75 Å². The van der Waals surface area contributed by atoms with Gasteiger partial charge in [-0.3, -0.25) is 14.9 Å². The van der Waals surface area contributed by atoms with E-state index < -0.39 is 5.60 Å². The van der Waals surface area contributed by atoms with E-state index in [0.29, 0.717) is 20.8 Å². The molecule has 0 aliphatic heterocycles. The van der Waals surface area contributed by atoms with Gasteiger partial charge in [-0.1, -0.05) is 11.6 Å². The number of carbonyl (C=O) groups excluding carboxylic acids is 2. The van der Waals surface area contributed by atoms with Gasteiger partial charge in [0, 0.05) is 16.1 Å². The van der Waals surface area contributed by atoms with Gasteiger partial charge in [0.15, 0.2) is 10.7 Å². The molecule has 1 amide bonds. The maximum Gasteiger partial charge on any atom is 0.310 e. The van der Waals surface area contributed by atoms with Crippen LogP contribution in [0.1, 0.15) is 18.7 Å². The van der Waals surface area contributed by atoms with E-state index in [4.69, 9.17) is 16.3 Å². The monoisotopic (exact) mass is 368 g/mol. The van der Waals surface area contributed by atoms with Crippen LogP contribution in [0.5, 0.6) is 5.75 Å². The molecule has 1 aromatic carbocycles. The Morgan fingerprint density at radius 1 is 1.29 bits per heavy atom. The average Bonchev–Trinajstić information content (AvgIpc) is 2.96. The van der Waals surface area contributed by atoms with Crippen LogP contribution >= 0.6 is 22.9 Å². The predicted molar refractivity (Wildman–Crippen MR) is 92.6 cm³/mol. The molecule has 24 heavy (non-hydrogen) atoms. The molecule has 8 heteroatoms. The number of nitrogens with one attached hydrogen (secondary N) is 1. The van der Waals surface area contributed by atoms with Crippen LogP contribution in [0, 0.1) is 0 Å². The molecule has 0 atom stereocenters. The molecule has 128 valence electrons. The summed E-state index contributed by atoms with van der Waals surface area (Å²) in [5, 5.41) is 3.67. The Bertz CT molecular complexity index is 728. The standard InChI is InChI=1S/C16H17ClN2O4S/c1-16(2,23-11-6-4-10(17)5-7-11)14(21)19-15-18-9-12(24-15)8-13(20)22-3/h4-7,9H,8H2,1-3H3,(H,18,19,21). The summed E-state index contributed by atoms with van der Waals surface area (Å²) in [7, 11) is 1.32. The molecule has 0 unspecified atom stereocenters. The smallest absolute Gasteiger partial charge is 0.310 e. The summed E-state index contributed by atoms with van der Waals surface area (Å²) < 4.78 is 10.3. The minimum Gasteiger partial charge on any atom is -0.478 e. The highest BCUT2D eigenvalue weighted by Gasteiger charge is 2.30. The third-order valence-electron chi connectivity index (χ3n) is 3.05. The number of amides is 1. The molecule has 0 saturated carbocycles. The first-order valence-electron chi connectivity index (χ1n) is 7.08. The number of methoxy groups -OCH3 is 1. The Kier molecular flexibility index (Phi) is 5.80. The van der Waals surface area contributed by atoms with Crippen LogP contribution in [-0.4, -0.2) is 29.6 Å². The number of rotatable bonds is 6. The number of nitrogens with zero attached hydrogens (tertiary/aromatic N) is 1. The van der Waals surface area contributed by atoms with Crippen LogP contribution < -0.4 is 10.1 Å². The Labute approximate surface area is 148 Å². The fourth-order valence-electron chi connectivity index (χ4n) is 1.75. The van der Waals surface area contributed by atoms with E-state index in [1.54, 1.807) is 38.1 Å². The molecule has 0 aliphatic carbocycles. The van der Waals surface area contributed by atoms with Crippen LogP contribution in [0.4, 0.5) is 5.13 Å². The van der Waals surface area contributed by atoms with Crippen molar-refractivity contribution in [2.24, 2.45) is 0 Å². The van der Waals surface area contributed by atoms with Gasteiger partial charge in [-0.15, -0.1) is 11.3 Å². The van der Waals surface area contributed by atoms with Gasteiger partial charge in [0.2, 0.25) is 0 Å². The lowest BCUT2D eigenvalue weighted by Crippen LogP contribution is -2.42. The molecule has 0 bridgehead atoms. The van der Waals surface area contributed by atoms with Gasteiger partial charge >= 0.3 is 5.97 Å². The van der Waals surface area contributed by atoms with E-state index in [0.717, 1.165) is 0 Å².